The van der Waals surface area contributed by atoms with Crippen LogP contribution in [0.15, 0.2) is 30.3 Å². The molecular formula is C14H20N2O2. The Balaban J connectivity index is 1.78. The molecule has 1 saturated carbocycles. The van der Waals surface area contributed by atoms with Crippen molar-refractivity contribution in [3.63, 3.8) is 0 Å². The first-order valence-electron chi connectivity index (χ1n) is 6.50. The molecule has 0 aliphatic heterocycles. The molecule has 0 aromatic heterocycles. The van der Waals surface area contributed by atoms with Gasteiger partial charge < -0.3 is 15.7 Å². The first-order valence-corrected chi connectivity index (χ1v) is 6.50. The smallest absolute Gasteiger partial charge is 0.319 e. The molecule has 0 heterocycles. The average Bonchev–Trinajstić information content (AvgIpc) is 2.39. The van der Waals surface area contributed by atoms with Crippen molar-refractivity contribution in [3.8, 4) is 0 Å². The number of rotatable bonds is 3. The standard InChI is InChI=1S/C14H20N2O2/c17-13(16-12-7-3-1-4-8-12)15-11-14(18)9-5-2-6-10-14/h1,3-4,7-8,18H,2,5-6,9-11H2,(H2,15,16,17). The molecule has 2 rings (SSSR count). The summed E-state index contributed by atoms with van der Waals surface area (Å²) in [5, 5.41) is 15.7. The molecule has 0 bridgehead atoms. The maximum Gasteiger partial charge on any atom is 0.319 e. The SMILES string of the molecule is O=C(NCC1(O)CCCCC1)Nc1ccccc1. The fraction of sp³-hybridized carbons (Fsp3) is 0.500. The van der Waals surface area contributed by atoms with Gasteiger partial charge in [-0.2, -0.15) is 0 Å². The zero-order valence-corrected chi connectivity index (χ0v) is 10.5. The minimum absolute atomic E-state index is 0.264. The van der Waals surface area contributed by atoms with Crippen LogP contribution >= 0.6 is 0 Å². The number of hydrogen-bond acceptors (Lipinski definition) is 2. The second kappa shape index (κ2) is 5.87. The Morgan fingerprint density at radius 1 is 1.17 bits per heavy atom. The van der Waals surface area contributed by atoms with Crippen LogP contribution in [0.3, 0.4) is 0 Å². The van der Waals surface area contributed by atoms with Crippen molar-refractivity contribution in [2.75, 3.05) is 11.9 Å². The van der Waals surface area contributed by atoms with E-state index in [0.717, 1.165) is 31.4 Å². The van der Waals surface area contributed by atoms with E-state index in [1.165, 1.54) is 6.42 Å². The Morgan fingerprint density at radius 2 is 1.83 bits per heavy atom. The summed E-state index contributed by atoms with van der Waals surface area (Å²) in [6.07, 6.45) is 4.81. The molecule has 98 valence electrons. The number of nitrogens with one attached hydrogen (secondary N) is 2. The van der Waals surface area contributed by atoms with E-state index < -0.39 is 5.60 Å². The van der Waals surface area contributed by atoms with E-state index in [2.05, 4.69) is 10.6 Å². The molecule has 1 aromatic carbocycles. The Kier molecular flexibility index (Phi) is 4.20. The van der Waals surface area contributed by atoms with Gasteiger partial charge in [-0.3, -0.25) is 0 Å². The highest BCUT2D eigenvalue weighted by Crippen LogP contribution is 2.27. The van der Waals surface area contributed by atoms with E-state index in [4.69, 9.17) is 0 Å². The lowest BCUT2D eigenvalue weighted by atomic mass is 9.85. The van der Waals surface area contributed by atoms with Gasteiger partial charge >= 0.3 is 6.03 Å². The number of carbonyl (C=O) groups is 1. The zero-order valence-electron chi connectivity index (χ0n) is 10.5. The molecule has 2 amide bonds. The summed E-state index contributed by atoms with van der Waals surface area (Å²) in [6.45, 7) is 0.325. The second-order valence-electron chi connectivity index (χ2n) is 4.96. The molecule has 4 heteroatoms. The third-order valence-corrected chi connectivity index (χ3v) is 3.39. The average molecular weight is 248 g/mol. The summed E-state index contributed by atoms with van der Waals surface area (Å²) in [5.41, 5.74) is 0.0392. The van der Waals surface area contributed by atoms with E-state index in [0.29, 0.717) is 6.54 Å². The second-order valence-corrected chi connectivity index (χ2v) is 4.96. The number of hydrogen-bond donors (Lipinski definition) is 3. The summed E-state index contributed by atoms with van der Waals surface area (Å²) >= 11 is 0. The molecule has 1 fully saturated rings. The third-order valence-electron chi connectivity index (χ3n) is 3.39. The maximum absolute atomic E-state index is 11.7. The van der Waals surface area contributed by atoms with Gasteiger partial charge in [-0.05, 0) is 25.0 Å². The van der Waals surface area contributed by atoms with Crippen LogP contribution < -0.4 is 10.6 Å². The summed E-state index contributed by atoms with van der Waals surface area (Å²) < 4.78 is 0. The summed E-state index contributed by atoms with van der Waals surface area (Å²) in [4.78, 5) is 11.7. The fourth-order valence-corrected chi connectivity index (χ4v) is 2.33. The van der Waals surface area contributed by atoms with E-state index in [1.54, 1.807) is 0 Å². The van der Waals surface area contributed by atoms with Gasteiger partial charge in [0.05, 0.1) is 5.60 Å². The quantitative estimate of drug-likeness (QED) is 0.769. The van der Waals surface area contributed by atoms with Gasteiger partial charge in [0.2, 0.25) is 0 Å². The molecule has 0 radical (unpaired) electrons. The number of amides is 2. The molecule has 0 atom stereocenters. The van der Waals surface area contributed by atoms with Crippen LogP contribution in [-0.2, 0) is 0 Å². The van der Waals surface area contributed by atoms with Crippen molar-refractivity contribution in [1.29, 1.82) is 0 Å². The van der Waals surface area contributed by atoms with Crippen molar-refractivity contribution < 1.29 is 9.90 Å². The first kappa shape index (κ1) is 12.9. The lowest BCUT2D eigenvalue weighted by molar-refractivity contribution is 0.00755. The first-order chi connectivity index (χ1) is 8.68. The highest BCUT2D eigenvalue weighted by molar-refractivity contribution is 5.89. The monoisotopic (exact) mass is 248 g/mol. The van der Waals surface area contributed by atoms with Crippen LogP contribution in [0.25, 0.3) is 0 Å². The topological polar surface area (TPSA) is 61.4 Å². The van der Waals surface area contributed by atoms with Crippen LogP contribution in [0.4, 0.5) is 10.5 Å². The Morgan fingerprint density at radius 3 is 2.50 bits per heavy atom. The maximum atomic E-state index is 11.7. The molecule has 0 saturated heterocycles. The predicted molar refractivity (Wildman–Crippen MR) is 71.5 cm³/mol. The number of urea groups is 1. The third kappa shape index (κ3) is 3.74. The number of anilines is 1. The largest absolute Gasteiger partial charge is 0.388 e. The molecule has 18 heavy (non-hydrogen) atoms. The Bertz CT molecular complexity index is 386. The highest BCUT2D eigenvalue weighted by atomic mass is 16.3. The lowest BCUT2D eigenvalue weighted by Crippen LogP contribution is -2.45. The van der Waals surface area contributed by atoms with Crippen molar-refractivity contribution in [3.05, 3.63) is 30.3 Å². The summed E-state index contributed by atoms with van der Waals surface area (Å²) in [6, 6.07) is 9.02. The molecule has 0 spiro atoms. The zero-order chi connectivity index (χ0) is 12.8. The minimum atomic E-state index is -0.716. The van der Waals surface area contributed by atoms with E-state index >= 15 is 0 Å². The van der Waals surface area contributed by atoms with Crippen molar-refractivity contribution in [2.45, 2.75) is 37.7 Å². The van der Waals surface area contributed by atoms with Crippen LogP contribution in [0.5, 0.6) is 0 Å². The van der Waals surface area contributed by atoms with E-state index in [9.17, 15) is 9.90 Å². The van der Waals surface area contributed by atoms with Gasteiger partial charge in [0, 0.05) is 12.2 Å². The van der Waals surface area contributed by atoms with Crippen LogP contribution in [0.2, 0.25) is 0 Å². The fourth-order valence-electron chi connectivity index (χ4n) is 2.33. The number of benzene rings is 1. The number of carbonyl (C=O) groups excluding carboxylic acids is 1. The Labute approximate surface area is 107 Å². The summed E-state index contributed by atoms with van der Waals surface area (Å²) in [7, 11) is 0. The molecule has 1 aliphatic carbocycles. The van der Waals surface area contributed by atoms with Gasteiger partial charge in [-0.1, -0.05) is 37.5 Å². The van der Waals surface area contributed by atoms with Gasteiger partial charge in [0.1, 0.15) is 0 Å². The van der Waals surface area contributed by atoms with Crippen molar-refractivity contribution >= 4 is 11.7 Å². The van der Waals surface area contributed by atoms with Gasteiger partial charge in [-0.25, -0.2) is 4.79 Å². The number of para-hydroxylation sites is 1. The van der Waals surface area contributed by atoms with Crippen LogP contribution in [0, 0.1) is 0 Å². The van der Waals surface area contributed by atoms with Crippen molar-refractivity contribution in [2.24, 2.45) is 0 Å². The molecule has 3 N–H and O–H groups in total. The minimum Gasteiger partial charge on any atom is -0.388 e. The van der Waals surface area contributed by atoms with Gasteiger partial charge in [0.25, 0.3) is 0 Å². The van der Waals surface area contributed by atoms with Crippen molar-refractivity contribution in [1.82, 2.24) is 5.32 Å². The molecule has 1 aliphatic rings. The molecular weight excluding hydrogens is 228 g/mol. The Hall–Kier alpha value is -1.55. The van der Waals surface area contributed by atoms with Gasteiger partial charge in [0.15, 0.2) is 0 Å². The molecule has 1 aromatic rings. The predicted octanol–water partition coefficient (Wildman–Crippen LogP) is 2.50. The van der Waals surface area contributed by atoms with Gasteiger partial charge in [-0.15, -0.1) is 0 Å². The van der Waals surface area contributed by atoms with Crippen LogP contribution in [-0.4, -0.2) is 23.3 Å². The van der Waals surface area contributed by atoms with Crippen LogP contribution in [0.1, 0.15) is 32.1 Å². The van der Waals surface area contributed by atoms with E-state index in [1.807, 2.05) is 30.3 Å². The molecule has 0 unspecified atom stereocenters. The lowest BCUT2D eigenvalue weighted by Gasteiger charge is -2.32. The summed E-state index contributed by atoms with van der Waals surface area (Å²) in [5.74, 6) is 0. The normalized spacial score (nSPS) is 18.1. The highest BCUT2D eigenvalue weighted by Gasteiger charge is 2.29. The molecule has 4 nitrogen and oxygen atoms in total. The number of aliphatic hydroxyl groups is 1. The van der Waals surface area contributed by atoms with E-state index in [-0.39, 0.29) is 6.03 Å².